The maximum absolute atomic E-state index is 5.87. The van der Waals surface area contributed by atoms with Crippen LogP contribution >= 0.6 is 0 Å². The largest absolute Gasteiger partial charge is 0.493 e. The molecule has 1 aliphatic carbocycles. The normalized spacial score (nSPS) is 22.6. The van der Waals surface area contributed by atoms with Gasteiger partial charge in [-0.15, -0.1) is 0 Å². The van der Waals surface area contributed by atoms with Crippen molar-refractivity contribution in [3.05, 3.63) is 23.8 Å². The molecule has 4 nitrogen and oxygen atoms in total. The highest BCUT2D eigenvalue weighted by Gasteiger charge is 2.23. The zero-order valence-corrected chi connectivity index (χ0v) is 12.5. The summed E-state index contributed by atoms with van der Waals surface area (Å²) in [7, 11) is 3.32. The van der Waals surface area contributed by atoms with Crippen molar-refractivity contribution in [3.8, 4) is 11.5 Å². The van der Waals surface area contributed by atoms with E-state index in [2.05, 4.69) is 11.4 Å². The van der Waals surface area contributed by atoms with Crippen LogP contribution in [0.1, 0.15) is 31.2 Å². The fourth-order valence-corrected chi connectivity index (χ4v) is 3.00. The molecule has 0 aliphatic heterocycles. The zero-order chi connectivity index (χ0) is 14.4. The van der Waals surface area contributed by atoms with Crippen LogP contribution in [-0.4, -0.2) is 26.8 Å². The first-order chi connectivity index (χ1) is 9.78. The number of nitrogens with one attached hydrogen (secondary N) is 1. The average molecular weight is 278 g/mol. The van der Waals surface area contributed by atoms with E-state index in [1.165, 1.54) is 31.2 Å². The lowest BCUT2D eigenvalue weighted by atomic mass is 9.84. The number of hydrogen-bond donors (Lipinski definition) is 2. The highest BCUT2D eigenvalue weighted by atomic mass is 16.5. The van der Waals surface area contributed by atoms with E-state index in [9.17, 15) is 0 Å². The van der Waals surface area contributed by atoms with Crippen LogP contribution in [0.4, 0.5) is 0 Å². The molecule has 1 aromatic rings. The monoisotopic (exact) mass is 278 g/mol. The van der Waals surface area contributed by atoms with E-state index in [-0.39, 0.29) is 0 Å². The smallest absolute Gasteiger partial charge is 0.161 e. The van der Waals surface area contributed by atoms with Gasteiger partial charge < -0.3 is 20.5 Å². The van der Waals surface area contributed by atoms with Gasteiger partial charge in [0.2, 0.25) is 0 Å². The van der Waals surface area contributed by atoms with E-state index >= 15 is 0 Å². The van der Waals surface area contributed by atoms with Crippen LogP contribution in [-0.2, 0) is 6.54 Å². The fraction of sp³-hybridized carbons (Fsp3) is 0.625. The van der Waals surface area contributed by atoms with Gasteiger partial charge in [-0.05, 0) is 43.0 Å². The van der Waals surface area contributed by atoms with Gasteiger partial charge in [0.15, 0.2) is 11.5 Å². The van der Waals surface area contributed by atoms with Gasteiger partial charge in [-0.1, -0.05) is 18.9 Å². The fourth-order valence-electron chi connectivity index (χ4n) is 3.00. The summed E-state index contributed by atoms with van der Waals surface area (Å²) in [6, 6.07) is 6.61. The molecule has 0 heterocycles. The van der Waals surface area contributed by atoms with Crippen molar-refractivity contribution in [2.24, 2.45) is 11.7 Å². The number of rotatable bonds is 6. The van der Waals surface area contributed by atoms with Crippen LogP contribution in [0.25, 0.3) is 0 Å². The van der Waals surface area contributed by atoms with Gasteiger partial charge in [0.1, 0.15) is 0 Å². The van der Waals surface area contributed by atoms with Crippen LogP contribution in [0.5, 0.6) is 11.5 Å². The lowest BCUT2D eigenvalue weighted by Crippen LogP contribution is -2.41. The Hall–Kier alpha value is -1.26. The second-order valence-corrected chi connectivity index (χ2v) is 5.46. The second kappa shape index (κ2) is 7.50. The molecule has 2 rings (SSSR count). The van der Waals surface area contributed by atoms with Gasteiger partial charge >= 0.3 is 0 Å². The SMILES string of the molecule is COc1ccc(CNC2CCCCC2CN)cc1OC. The van der Waals surface area contributed by atoms with Crippen molar-refractivity contribution in [1.29, 1.82) is 0 Å². The molecule has 2 unspecified atom stereocenters. The third kappa shape index (κ3) is 3.64. The molecule has 0 aromatic heterocycles. The first-order valence-electron chi connectivity index (χ1n) is 7.42. The lowest BCUT2D eigenvalue weighted by Gasteiger charge is -2.31. The molecule has 4 heteroatoms. The summed E-state index contributed by atoms with van der Waals surface area (Å²) in [4.78, 5) is 0. The summed E-state index contributed by atoms with van der Waals surface area (Å²) in [5.74, 6) is 2.17. The predicted molar refractivity (Wildman–Crippen MR) is 81.2 cm³/mol. The van der Waals surface area contributed by atoms with Crippen molar-refractivity contribution in [2.45, 2.75) is 38.3 Å². The predicted octanol–water partition coefficient (Wildman–Crippen LogP) is 2.31. The molecule has 2 atom stereocenters. The van der Waals surface area contributed by atoms with Gasteiger partial charge in [0.05, 0.1) is 14.2 Å². The average Bonchev–Trinajstić information content (AvgIpc) is 2.52. The topological polar surface area (TPSA) is 56.5 Å². The Kier molecular flexibility index (Phi) is 5.68. The Morgan fingerprint density at radius 1 is 1.15 bits per heavy atom. The first-order valence-corrected chi connectivity index (χ1v) is 7.42. The molecule has 1 aliphatic rings. The van der Waals surface area contributed by atoms with E-state index in [0.29, 0.717) is 12.0 Å². The molecule has 1 aromatic carbocycles. The van der Waals surface area contributed by atoms with E-state index in [1.807, 2.05) is 12.1 Å². The Morgan fingerprint density at radius 2 is 1.90 bits per heavy atom. The third-order valence-electron chi connectivity index (χ3n) is 4.23. The number of benzene rings is 1. The third-order valence-corrected chi connectivity index (χ3v) is 4.23. The molecule has 0 bridgehead atoms. The van der Waals surface area contributed by atoms with Gasteiger partial charge in [-0.25, -0.2) is 0 Å². The van der Waals surface area contributed by atoms with Crippen molar-refractivity contribution in [2.75, 3.05) is 20.8 Å². The van der Waals surface area contributed by atoms with E-state index < -0.39 is 0 Å². The second-order valence-electron chi connectivity index (χ2n) is 5.46. The van der Waals surface area contributed by atoms with Crippen LogP contribution in [0.15, 0.2) is 18.2 Å². The summed E-state index contributed by atoms with van der Waals surface area (Å²) in [6.45, 7) is 1.63. The van der Waals surface area contributed by atoms with Gasteiger partial charge in [-0.2, -0.15) is 0 Å². The molecular formula is C16H26N2O2. The Balaban J connectivity index is 1.96. The lowest BCUT2D eigenvalue weighted by molar-refractivity contribution is 0.266. The summed E-state index contributed by atoms with van der Waals surface area (Å²) in [6.07, 6.45) is 5.10. The van der Waals surface area contributed by atoms with Crippen LogP contribution in [0.3, 0.4) is 0 Å². The Morgan fingerprint density at radius 3 is 2.60 bits per heavy atom. The molecule has 112 valence electrons. The molecular weight excluding hydrogens is 252 g/mol. The minimum Gasteiger partial charge on any atom is -0.493 e. The maximum Gasteiger partial charge on any atom is 0.161 e. The number of methoxy groups -OCH3 is 2. The minimum absolute atomic E-state index is 0.543. The molecule has 3 N–H and O–H groups in total. The molecule has 20 heavy (non-hydrogen) atoms. The number of hydrogen-bond acceptors (Lipinski definition) is 4. The van der Waals surface area contributed by atoms with Crippen LogP contribution in [0.2, 0.25) is 0 Å². The van der Waals surface area contributed by atoms with Gasteiger partial charge in [0, 0.05) is 12.6 Å². The zero-order valence-electron chi connectivity index (χ0n) is 12.5. The molecule has 0 amide bonds. The quantitative estimate of drug-likeness (QED) is 0.838. The van der Waals surface area contributed by atoms with E-state index in [4.69, 9.17) is 15.2 Å². The Bertz CT molecular complexity index is 423. The minimum atomic E-state index is 0.543. The van der Waals surface area contributed by atoms with Gasteiger partial charge in [-0.3, -0.25) is 0 Å². The summed E-state index contributed by atoms with van der Waals surface area (Å²) in [5.41, 5.74) is 7.08. The summed E-state index contributed by atoms with van der Waals surface area (Å²) < 4.78 is 10.6. The molecule has 0 spiro atoms. The van der Waals surface area contributed by atoms with Crippen LogP contribution < -0.4 is 20.5 Å². The summed E-state index contributed by atoms with van der Waals surface area (Å²) >= 11 is 0. The van der Waals surface area contributed by atoms with Crippen molar-refractivity contribution >= 4 is 0 Å². The molecule has 0 radical (unpaired) electrons. The molecule has 0 saturated heterocycles. The highest BCUT2D eigenvalue weighted by Crippen LogP contribution is 2.28. The van der Waals surface area contributed by atoms with E-state index in [1.54, 1.807) is 14.2 Å². The molecule has 1 fully saturated rings. The Labute approximate surface area is 121 Å². The van der Waals surface area contributed by atoms with Crippen molar-refractivity contribution in [1.82, 2.24) is 5.32 Å². The van der Waals surface area contributed by atoms with Crippen molar-refractivity contribution in [3.63, 3.8) is 0 Å². The summed E-state index contributed by atoms with van der Waals surface area (Å²) in [5, 5.41) is 3.65. The van der Waals surface area contributed by atoms with Crippen LogP contribution in [0, 0.1) is 5.92 Å². The number of ether oxygens (including phenoxy) is 2. The number of nitrogens with two attached hydrogens (primary N) is 1. The maximum atomic E-state index is 5.87. The van der Waals surface area contributed by atoms with Gasteiger partial charge in [0.25, 0.3) is 0 Å². The highest BCUT2D eigenvalue weighted by molar-refractivity contribution is 5.42. The first kappa shape index (κ1) is 15.1. The standard InChI is InChI=1S/C16H26N2O2/c1-19-15-8-7-12(9-16(15)20-2)11-18-14-6-4-3-5-13(14)10-17/h7-9,13-14,18H,3-6,10-11,17H2,1-2H3. The van der Waals surface area contributed by atoms with Crippen molar-refractivity contribution < 1.29 is 9.47 Å². The molecule has 1 saturated carbocycles. The van der Waals surface area contributed by atoms with E-state index in [0.717, 1.165) is 24.6 Å².